The third-order valence-corrected chi connectivity index (χ3v) is 3.12. The van der Waals surface area contributed by atoms with Gasteiger partial charge in [-0.2, -0.15) is 0 Å². The summed E-state index contributed by atoms with van der Waals surface area (Å²) in [4.78, 5) is 47.2. The van der Waals surface area contributed by atoms with Gasteiger partial charge in [-0.05, 0) is 39.9 Å². The number of rotatable bonds is 11. The van der Waals surface area contributed by atoms with Crippen LogP contribution in [0.4, 0.5) is 0 Å². The lowest BCUT2D eigenvalue weighted by Crippen LogP contribution is -2.38. The van der Waals surface area contributed by atoms with Gasteiger partial charge >= 0.3 is 17.9 Å². The summed E-state index contributed by atoms with van der Waals surface area (Å²) in [5.74, 6) is -2.13. The molecule has 1 atom stereocenters. The van der Waals surface area contributed by atoms with Crippen LogP contribution in [0.25, 0.3) is 0 Å². The van der Waals surface area contributed by atoms with E-state index in [0.29, 0.717) is 12.8 Å². The van der Waals surface area contributed by atoms with Crippen LogP contribution in [-0.4, -0.2) is 67.0 Å². The number of nitrogens with zero attached hydrogens (tertiary/aromatic N) is 1. The SMILES string of the molecule is CCN(CC)CC(COC(=O)/C=C/C=O)OC(=O)/C=C/C(=O)OC(C)(C)C. The number of carbonyl (C=O) groups excluding carboxylic acids is 4. The Hall–Kier alpha value is -2.48. The zero-order chi connectivity index (χ0) is 20.9. The van der Waals surface area contributed by atoms with E-state index < -0.39 is 29.6 Å². The molecule has 0 aliphatic carbocycles. The van der Waals surface area contributed by atoms with Crippen LogP contribution in [0.15, 0.2) is 24.3 Å². The van der Waals surface area contributed by atoms with E-state index in [1.54, 1.807) is 20.8 Å². The van der Waals surface area contributed by atoms with Gasteiger partial charge in [0.1, 0.15) is 24.6 Å². The molecule has 0 rings (SSSR count). The Morgan fingerprint density at radius 1 is 0.963 bits per heavy atom. The predicted octanol–water partition coefficient (Wildman–Crippen LogP) is 1.44. The van der Waals surface area contributed by atoms with Crippen molar-refractivity contribution >= 4 is 24.2 Å². The van der Waals surface area contributed by atoms with Crippen LogP contribution < -0.4 is 0 Å². The normalized spacial score (nSPS) is 13.0. The van der Waals surface area contributed by atoms with Crippen LogP contribution in [-0.2, 0) is 33.4 Å². The van der Waals surface area contributed by atoms with Gasteiger partial charge in [0.25, 0.3) is 0 Å². The van der Waals surface area contributed by atoms with Crippen LogP contribution in [0.3, 0.4) is 0 Å². The first-order valence-corrected chi connectivity index (χ1v) is 8.73. The van der Waals surface area contributed by atoms with Gasteiger partial charge in [-0.3, -0.25) is 4.79 Å². The second-order valence-corrected chi connectivity index (χ2v) is 6.54. The van der Waals surface area contributed by atoms with Crippen molar-refractivity contribution < 1.29 is 33.4 Å². The number of aldehydes is 1. The molecule has 0 bridgehead atoms. The maximum atomic E-state index is 12.0. The summed E-state index contributed by atoms with van der Waals surface area (Å²) in [6.07, 6.45) is 3.67. The van der Waals surface area contributed by atoms with Crippen LogP contribution in [0, 0.1) is 0 Å². The Kier molecular flexibility index (Phi) is 11.6. The van der Waals surface area contributed by atoms with E-state index in [1.165, 1.54) is 0 Å². The maximum Gasteiger partial charge on any atom is 0.331 e. The summed E-state index contributed by atoms with van der Waals surface area (Å²) >= 11 is 0. The van der Waals surface area contributed by atoms with Crippen molar-refractivity contribution in [1.29, 1.82) is 0 Å². The van der Waals surface area contributed by atoms with Gasteiger partial charge in [-0.1, -0.05) is 13.8 Å². The lowest BCUT2D eigenvalue weighted by molar-refractivity contribution is -0.154. The lowest BCUT2D eigenvalue weighted by Gasteiger charge is -2.24. The van der Waals surface area contributed by atoms with Crippen molar-refractivity contribution in [3.8, 4) is 0 Å². The van der Waals surface area contributed by atoms with Crippen molar-refractivity contribution in [3.05, 3.63) is 24.3 Å². The van der Waals surface area contributed by atoms with Gasteiger partial charge in [0.15, 0.2) is 0 Å². The van der Waals surface area contributed by atoms with Crippen LogP contribution in [0.1, 0.15) is 34.6 Å². The maximum absolute atomic E-state index is 12.0. The van der Waals surface area contributed by atoms with E-state index in [0.717, 1.165) is 37.4 Å². The molecule has 0 aromatic heterocycles. The number of ether oxygens (including phenoxy) is 3. The molecule has 0 saturated carbocycles. The van der Waals surface area contributed by atoms with E-state index in [1.807, 2.05) is 18.7 Å². The molecule has 0 aromatic carbocycles. The molecule has 152 valence electrons. The molecule has 0 saturated heterocycles. The highest BCUT2D eigenvalue weighted by Crippen LogP contribution is 2.07. The van der Waals surface area contributed by atoms with Crippen molar-refractivity contribution in [2.45, 2.75) is 46.3 Å². The summed E-state index contributed by atoms with van der Waals surface area (Å²) in [7, 11) is 0. The minimum atomic E-state index is -0.752. The fourth-order valence-corrected chi connectivity index (χ4v) is 1.91. The van der Waals surface area contributed by atoms with Gasteiger partial charge < -0.3 is 19.1 Å². The molecule has 8 nitrogen and oxygen atoms in total. The molecule has 0 aliphatic heterocycles. The molecule has 0 spiro atoms. The molecule has 0 aromatic rings. The van der Waals surface area contributed by atoms with E-state index in [4.69, 9.17) is 14.2 Å². The third-order valence-electron chi connectivity index (χ3n) is 3.12. The second kappa shape index (κ2) is 12.8. The van der Waals surface area contributed by atoms with Crippen molar-refractivity contribution in [1.82, 2.24) is 4.90 Å². The number of carbonyl (C=O) groups is 4. The summed E-state index contributed by atoms with van der Waals surface area (Å²) in [6.45, 7) is 10.6. The molecule has 27 heavy (non-hydrogen) atoms. The van der Waals surface area contributed by atoms with Crippen molar-refractivity contribution in [2.24, 2.45) is 0 Å². The smallest absolute Gasteiger partial charge is 0.331 e. The standard InChI is InChI=1S/C19H29NO7/c1-6-20(7-2)13-15(14-25-16(22)9-8-12-21)26-17(23)10-11-18(24)27-19(3,4)5/h8-12,15H,6-7,13-14H2,1-5H3/b9-8+,11-10+. The highest BCUT2D eigenvalue weighted by Gasteiger charge is 2.19. The zero-order valence-electron chi connectivity index (χ0n) is 16.6. The highest BCUT2D eigenvalue weighted by molar-refractivity contribution is 5.92. The Morgan fingerprint density at radius 2 is 1.56 bits per heavy atom. The fourth-order valence-electron chi connectivity index (χ4n) is 1.91. The van der Waals surface area contributed by atoms with E-state index in [9.17, 15) is 19.2 Å². The highest BCUT2D eigenvalue weighted by atomic mass is 16.6. The minimum absolute atomic E-state index is 0.176. The topological polar surface area (TPSA) is 99.2 Å². The second-order valence-electron chi connectivity index (χ2n) is 6.54. The van der Waals surface area contributed by atoms with E-state index in [2.05, 4.69) is 0 Å². The molecule has 0 aliphatic rings. The molecule has 0 radical (unpaired) electrons. The van der Waals surface area contributed by atoms with Gasteiger partial charge in [0, 0.05) is 24.8 Å². The lowest BCUT2D eigenvalue weighted by atomic mass is 10.2. The summed E-state index contributed by atoms with van der Waals surface area (Å²) in [5, 5.41) is 0. The van der Waals surface area contributed by atoms with Gasteiger partial charge in [-0.25, -0.2) is 14.4 Å². The quantitative estimate of drug-likeness (QED) is 0.229. The van der Waals surface area contributed by atoms with Gasteiger partial charge in [0.05, 0.1) is 0 Å². The molecule has 8 heteroatoms. The van der Waals surface area contributed by atoms with Crippen molar-refractivity contribution in [2.75, 3.05) is 26.2 Å². The fraction of sp³-hybridized carbons (Fsp3) is 0.579. The Bertz CT molecular complexity index is 557. The number of allylic oxidation sites excluding steroid dienone is 1. The molecule has 0 N–H and O–H groups in total. The average Bonchev–Trinajstić information content (AvgIpc) is 2.58. The molecule has 0 heterocycles. The Balaban J connectivity index is 4.82. The largest absolute Gasteiger partial charge is 0.459 e. The van der Waals surface area contributed by atoms with E-state index in [-0.39, 0.29) is 6.61 Å². The molecule has 0 fully saturated rings. The first-order valence-electron chi connectivity index (χ1n) is 8.73. The van der Waals surface area contributed by atoms with Crippen LogP contribution in [0.5, 0.6) is 0 Å². The molecular formula is C19H29NO7. The Labute approximate surface area is 160 Å². The van der Waals surface area contributed by atoms with Crippen LogP contribution >= 0.6 is 0 Å². The van der Waals surface area contributed by atoms with Gasteiger partial charge in [0.2, 0.25) is 0 Å². The molecule has 1 unspecified atom stereocenters. The first-order chi connectivity index (χ1) is 12.6. The Morgan fingerprint density at radius 3 is 2.07 bits per heavy atom. The summed E-state index contributed by atoms with van der Waals surface area (Å²) < 4.78 is 15.3. The molecule has 0 amide bonds. The van der Waals surface area contributed by atoms with Gasteiger partial charge in [-0.15, -0.1) is 0 Å². The summed E-state index contributed by atoms with van der Waals surface area (Å²) in [5.41, 5.74) is -0.667. The number of likely N-dealkylation sites (N-methyl/N-ethyl adjacent to an activating group) is 1. The zero-order valence-corrected chi connectivity index (χ0v) is 16.6. The monoisotopic (exact) mass is 383 g/mol. The predicted molar refractivity (Wildman–Crippen MR) is 98.8 cm³/mol. The third kappa shape index (κ3) is 13.4. The molecular weight excluding hydrogens is 354 g/mol. The number of esters is 3. The minimum Gasteiger partial charge on any atom is -0.459 e. The van der Waals surface area contributed by atoms with Crippen LogP contribution in [0.2, 0.25) is 0 Å². The first kappa shape index (κ1) is 24.5. The average molecular weight is 383 g/mol. The van der Waals surface area contributed by atoms with Crippen molar-refractivity contribution in [3.63, 3.8) is 0 Å². The summed E-state index contributed by atoms with van der Waals surface area (Å²) in [6, 6.07) is 0. The number of hydrogen-bond donors (Lipinski definition) is 0. The number of hydrogen-bond acceptors (Lipinski definition) is 8. The van der Waals surface area contributed by atoms with E-state index >= 15 is 0 Å².